The third-order valence-electron chi connectivity index (χ3n) is 5.49. The topological polar surface area (TPSA) is 30.2 Å². The van der Waals surface area contributed by atoms with Crippen molar-refractivity contribution in [2.24, 2.45) is 5.41 Å². The van der Waals surface area contributed by atoms with Crippen LogP contribution in [0.1, 0.15) is 86.3 Å². The molecular formula is C27H30O2. The van der Waals surface area contributed by atoms with Gasteiger partial charge in [0.05, 0.1) is 5.56 Å². The van der Waals surface area contributed by atoms with Crippen LogP contribution in [-0.2, 0) is 6.42 Å². The molecule has 0 aliphatic heterocycles. The summed E-state index contributed by atoms with van der Waals surface area (Å²) in [5.74, 6) is 1.05. The summed E-state index contributed by atoms with van der Waals surface area (Å²) in [6.07, 6.45) is 19.1. The molecule has 0 spiro atoms. The quantitative estimate of drug-likeness (QED) is 0.431. The fraction of sp³-hybridized carbons (Fsp3) is 0.333. The summed E-state index contributed by atoms with van der Waals surface area (Å²) in [5, 5.41) is 0.973. The zero-order chi connectivity index (χ0) is 19.9. The van der Waals surface area contributed by atoms with Crippen molar-refractivity contribution in [3.8, 4) is 0 Å². The minimum atomic E-state index is -0.0274. The number of carbonyl (C=O) groups excluding carboxylic acids is 1. The van der Waals surface area contributed by atoms with Crippen LogP contribution in [0.3, 0.4) is 0 Å². The van der Waals surface area contributed by atoms with E-state index in [1.54, 1.807) is 0 Å². The van der Waals surface area contributed by atoms with Gasteiger partial charge in [0.2, 0.25) is 0 Å². The Kier molecular flexibility index (Phi) is 5.68. The molecule has 0 fully saturated rings. The van der Waals surface area contributed by atoms with Crippen molar-refractivity contribution >= 4 is 41.1 Å². The lowest BCUT2D eigenvalue weighted by molar-refractivity contribution is 0.0971. The van der Waals surface area contributed by atoms with E-state index in [0.717, 1.165) is 57.4 Å². The summed E-state index contributed by atoms with van der Waals surface area (Å²) in [7, 11) is 0. The van der Waals surface area contributed by atoms with Gasteiger partial charge in [-0.05, 0) is 35.3 Å². The largest absolute Gasteiger partial charge is 0.460 e. The van der Waals surface area contributed by atoms with Crippen LogP contribution in [0, 0.1) is 5.41 Å². The lowest BCUT2D eigenvalue weighted by Gasteiger charge is -2.13. The molecule has 3 aliphatic carbocycles. The zero-order valence-electron chi connectivity index (χ0n) is 17.1. The van der Waals surface area contributed by atoms with Crippen LogP contribution < -0.4 is 0 Å². The maximum atomic E-state index is 12.7. The Hall–Kier alpha value is -2.83. The lowest BCUT2D eigenvalue weighted by Crippen LogP contribution is -2.08. The van der Waals surface area contributed by atoms with Gasteiger partial charge in [-0.1, -0.05) is 71.6 Å². The summed E-state index contributed by atoms with van der Waals surface area (Å²) in [5.41, 5.74) is 9.23. The summed E-state index contributed by atoms with van der Waals surface area (Å²) in [6.45, 7) is 8.38. The number of hydrogen-bond acceptors (Lipinski definition) is 2. The van der Waals surface area contributed by atoms with Gasteiger partial charge in [-0.25, -0.2) is 0 Å². The monoisotopic (exact) mass is 386 g/mol. The molecule has 2 heteroatoms. The minimum Gasteiger partial charge on any atom is -0.460 e. The van der Waals surface area contributed by atoms with E-state index < -0.39 is 0 Å². The highest BCUT2D eigenvalue weighted by atomic mass is 16.3. The van der Waals surface area contributed by atoms with Crippen LogP contribution in [0.5, 0.6) is 0 Å². The second kappa shape index (κ2) is 7.89. The molecule has 5 rings (SSSR count). The molecule has 150 valence electrons. The molecule has 0 atom stereocenters. The molecule has 0 saturated heterocycles. The molecule has 0 bridgehead atoms. The van der Waals surface area contributed by atoms with E-state index in [9.17, 15) is 4.79 Å². The summed E-state index contributed by atoms with van der Waals surface area (Å²) in [6, 6.07) is 0. The standard InChI is InChI=1S/C24H20O2.C2H6.CH4/c1-24(2)13-11-16-15-7-4-3-5-8-17(15)21-22-19(25)9-6-10-20(22)26-23(21)18(16)12-14-24;1-2;/h3,5,7-8,11-14H,6,9-10H2,1-2H3;1-2H3;1H4. The fourth-order valence-corrected chi connectivity index (χ4v) is 4.13. The van der Waals surface area contributed by atoms with Crippen LogP contribution in [0.4, 0.5) is 0 Å². The van der Waals surface area contributed by atoms with Gasteiger partial charge in [0, 0.05) is 29.2 Å². The molecule has 1 aromatic heterocycles. The third-order valence-corrected chi connectivity index (χ3v) is 5.49. The van der Waals surface area contributed by atoms with E-state index in [-0.39, 0.29) is 18.6 Å². The zero-order valence-corrected chi connectivity index (χ0v) is 17.1. The minimum absolute atomic E-state index is 0. The molecule has 0 saturated carbocycles. The molecule has 1 aromatic carbocycles. The Bertz CT molecular complexity index is 1120. The highest BCUT2D eigenvalue weighted by molar-refractivity contribution is 6.15. The van der Waals surface area contributed by atoms with Crippen LogP contribution in [0.25, 0.3) is 35.3 Å². The van der Waals surface area contributed by atoms with Gasteiger partial charge < -0.3 is 4.42 Å². The number of aryl methyl sites for hydroxylation is 1. The second-order valence-electron chi connectivity index (χ2n) is 7.86. The average Bonchev–Trinajstić information content (AvgIpc) is 2.81. The van der Waals surface area contributed by atoms with Crippen molar-refractivity contribution in [3.63, 3.8) is 0 Å². The molecule has 2 aromatic rings. The number of furan rings is 1. The van der Waals surface area contributed by atoms with E-state index in [0.29, 0.717) is 6.42 Å². The third kappa shape index (κ3) is 3.39. The Morgan fingerprint density at radius 2 is 1.69 bits per heavy atom. The number of allylic oxidation sites excluding steroid dienone is 4. The van der Waals surface area contributed by atoms with Crippen molar-refractivity contribution < 1.29 is 9.21 Å². The summed E-state index contributed by atoms with van der Waals surface area (Å²) in [4.78, 5) is 12.7. The summed E-state index contributed by atoms with van der Waals surface area (Å²) >= 11 is 0. The van der Waals surface area contributed by atoms with Gasteiger partial charge in [0.15, 0.2) is 5.78 Å². The van der Waals surface area contributed by atoms with Gasteiger partial charge in [0.25, 0.3) is 0 Å². The number of Topliss-reactive ketones (excluding diaryl/α,β-unsaturated/α-hetero) is 1. The lowest BCUT2D eigenvalue weighted by atomic mass is 9.87. The van der Waals surface area contributed by atoms with E-state index in [1.165, 1.54) is 0 Å². The Balaban J connectivity index is 0.000000778. The summed E-state index contributed by atoms with van der Waals surface area (Å²) < 4.78 is 6.31. The van der Waals surface area contributed by atoms with Crippen molar-refractivity contribution in [2.45, 2.75) is 54.4 Å². The molecule has 2 nitrogen and oxygen atoms in total. The number of carbonyl (C=O) groups is 1. The maximum absolute atomic E-state index is 12.7. The number of ketones is 1. The average molecular weight is 387 g/mol. The molecular weight excluding hydrogens is 356 g/mol. The van der Waals surface area contributed by atoms with Crippen molar-refractivity contribution in [2.75, 3.05) is 0 Å². The van der Waals surface area contributed by atoms with Crippen molar-refractivity contribution in [3.05, 3.63) is 63.6 Å². The van der Waals surface area contributed by atoms with Gasteiger partial charge in [0.1, 0.15) is 11.3 Å². The van der Waals surface area contributed by atoms with Gasteiger partial charge in [-0.2, -0.15) is 0 Å². The van der Waals surface area contributed by atoms with Crippen LogP contribution in [0.2, 0.25) is 0 Å². The Morgan fingerprint density at radius 3 is 2.45 bits per heavy atom. The predicted octanol–water partition coefficient (Wildman–Crippen LogP) is 7.88. The Morgan fingerprint density at radius 1 is 0.966 bits per heavy atom. The first kappa shape index (κ1) is 20.9. The van der Waals surface area contributed by atoms with E-state index >= 15 is 0 Å². The molecule has 3 aliphatic rings. The number of fused-ring (bicyclic) bond motifs is 8. The second-order valence-corrected chi connectivity index (χ2v) is 7.86. The first-order chi connectivity index (χ1) is 13.6. The highest BCUT2D eigenvalue weighted by Gasteiger charge is 2.30. The van der Waals surface area contributed by atoms with E-state index in [4.69, 9.17) is 4.42 Å². The van der Waals surface area contributed by atoms with E-state index in [1.807, 2.05) is 32.1 Å². The van der Waals surface area contributed by atoms with Gasteiger partial charge in [-0.15, -0.1) is 5.73 Å². The number of benzene rings is 1. The predicted molar refractivity (Wildman–Crippen MR) is 125 cm³/mol. The number of rotatable bonds is 0. The maximum Gasteiger partial charge on any atom is 0.167 e. The molecule has 29 heavy (non-hydrogen) atoms. The highest BCUT2D eigenvalue weighted by Crippen LogP contribution is 2.43. The number of hydrogen-bond donors (Lipinski definition) is 0. The molecule has 0 radical (unpaired) electrons. The van der Waals surface area contributed by atoms with Crippen LogP contribution in [-0.4, -0.2) is 5.78 Å². The smallest absolute Gasteiger partial charge is 0.167 e. The Labute approximate surface area is 174 Å². The fourth-order valence-electron chi connectivity index (χ4n) is 4.13. The first-order valence-corrected chi connectivity index (χ1v) is 10.2. The SMILES string of the molecule is C.CC.CC1(C)C=Cc2c3c(c4c5c(oc4c2C=C1)CCCC5=O)C=CC=C=C3. The normalized spacial score (nSPS) is 17.4. The molecule has 1 heterocycles. The van der Waals surface area contributed by atoms with Crippen LogP contribution in [0.15, 0.2) is 34.5 Å². The van der Waals surface area contributed by atoms with Gasteiger partial charge >= 0.3 is 0 Å². The molecule has 0 amide bonds. The first-order valence-electron chi connectivity index (χ1n) is 10.2. The molecule has 0 N–H and O–H groups in total. The van der Waals surface area contributed by atoms with Crippen LogP contribution >= 0.6 is 0 Å². The van der Waals surface area contributed by atoms with Crippen molar-refractivity contribution in [1.82, 2.24) is 0 Å². The van der Waals surface area contributed by atoms with Gasteiger partial charge in [-0.3, -0.25) is 4.79 Å². The molecule has 0 unspecified atom stereocenters. The van der Waals surface area contributed by atoms with E-state index in [2.05, 4.69) is 50.0 Å². The van der Waals surface area contributed by atoms with Crippen molar-refractivity contribution in [1.29, 1.82) is 0 Å².